The van der Waals surface area contributed by atoms with Crippen LogP contribution in [0.2, 0.25) is 0 Å². The van der Waals surface area contributed by atoms with Gasteiger partial charge in [0.25, 0.3) is 0 Å². The Morgan fingerprint density at radius 3 is 2.62 bits per heavy atom. The maximum absolute atomic E-state index is 11.2. The minimum atomic E-state index is -0.934. The summed E-state index contributed by atoms with van der Waals surface area (Å²) in [5.41, 5.74) is 0.755. The molecule has 0 unspecified atom stereocenters. The first-order chi connectivity index (χ1) is 6.04. The summed E-state index contributed by atoms with van der Waals surface area (Å²) in [5, 5.41) is 9.51. The van der Waals surface area contributed by atoms with Gasteiger partial charge in [0.05, 0.1) is 12.2 Å². The first kappa shape index (κ1) is 12.6. The molecule has 4 heteroatoms. The summed E-state index contributed by atoms with van der Waals surface area (Å²) >= 11 is 1.89. The van der Waals surface area contributed by atoms with Crippen molar-refractivity contribution in [3.05, 3.63) is 21.8 Å². The molecule has 1 N–H and O–H groups in total. The maximum atomic E-state index is 11.2. The van der Waals surface area contributed by atoms with Crippen LogP contribution in [0.5, 0.6) is 0 Å². The number of hydrogen-bond acceptors (Lipinski definition) is 3. The Morgan fingerprint density at radius 1 is 1.77 bits per heavy atom. The van der Waals surface area contributed by atoms with E-state index in [1.54, 1.807) is 13.8 Å². The highest BCUT2D eigenvalue weighted by Gasteiger charge is 2.19. The third kappa shape index (κ3) is 3.91. The lowest BCUT2D eigenvalue weighted by atomic mass is 10.1. The number of ether oxygens (including phenoxy) is 1. The Balaban J connectivity index is 4.53. The van der Waals surface area contributed by atoms with E-state index in [9.17, 15) is 9.90 Å². The summed E-state index contributed by atoms with van der Waals surface area (Å²) in [7, 11) is 0. The summed E-state index contributed by atoms with van der Waals surface area (Å²) in [6, 6.07) is 0. The second-order valence-electron chi connectivity index (χ2n) is 2.53. The van der Waals surface area contributed by atoms with Crippen LogP contribution in [0.3, 0.4) is 0 Å². The number of rotatable bonds is 4. The minimum Gasteiger partial charge on any atom is -0.463 e. The molecule has 3 nitrogen and oxygen atoms in total. The summed E-state index contributed by atoms with van der Waals surface area (Å²) in [6.45, 7) is 7.24. The first-order valence-electron chi connectivity index (χ1n) is 3.85. The predicted octanol–water partition coefficient (Wildman–Crippen LogP) is 1.81. The van der Waals surface area contributed by atoms with E-state index >= 15 is 0 Å². The van der Waals surface area contributed by atoms with E-state index in [4.69, 9.17) is 4.74 Å². The summed E-state index contributed by atoms with van der Waals surface area (Å²) in [4.78, 5) is 11.2. The van der Waals surface area contributed by atoms with Crippen LogP contribution in [0.1, 0.15) is 13.8 Å². The normalized spacial score (nSPS) is 13.7. The standard InChI is InChI=1S/C9H13IO3/c1-4-13-9(12)7(5-10)8(11)6(2)3/h5,8,11H,2,4H2,1,3H3/b7-5-/t8-/m1/s1. The average molecular weight is 296 g/mol. The topological polar surface area (TPSA) is 46.5 Å². The second kappa shape index (κ2) is 6.15. The van der Waals surface area contributed by atoms with Crippen molar-refractivity contribution in [3.63, 3.8) is 0 Å². The molecule has 74 valence electrons. The molecule has 0 bridgehead atoms. The Bertz CT molecular complexity index is 233. The van der Waals surface area contributed by atoms with Gasteiger partial charge in [0.2, 0.25) is 0 Å². The SMILES string of the molecule is C=C(C)[C@@H](O)/C(=C/I)C(=O)OCC. The van der Waals surface area contributed by atoms with E-state index in [0.717, 1.165) is 0 Å². The van der Waals surface area contributed by atoms with Gasteiger partial charge in [-0.25, -0.2) is 4.79 Å². The predicted molar refractivity (Wildman–Crippen MR) is 59.6 cm³/mol. The molecule has 0 saturated carbocycles. The molecule has 0 spiro atoms. The lowest BCUT2D eigenvalue weighted by molar-refractivity contribution is -0.139. The molecule has 0 aromatic rings. The van der Waals surface area contributed by atoms with Crippen molar-refractivity contribution in [2.24, 2.45) is 0 Å². The largest absolute Gasteiger partial charge is 0.463 e. The second-order valence-corrected chi connectivity index (χ2v) is 3.16. The molecule has 0 amide bonds. The van der Waals surface area contributed by atoms with Gasteiger partial charge in [-0.05, 0) is 23.5 Å². The van der Waals surface area contributed by atoms with Gasteiger partial charge in [-0.1, -0.05) is 29.2 Å². The quantitative estimate of drug-likeness (QED) is 0.372. The van der Waals surface area contributed by atoms with Gasteiger partial charge in [-0.15, -0.1) is 0 Å². The minimum absolute atomic E-state index is 0.231. The molecule has 0 saturated heterocycles. The van der Waals surface area contributed by atoms with E-state index in [1.165, 1.54) is 4.08 Å². The monoisotopic (exact) mass is 296 g/mol. The lowest BCUT2D eigenvalue weighted by Crippen LogP contribution is -2.20. The number of carbonyl (C=O) groups excluding carboxylic acids is 1. The Kier molecular flexibility index (Phi) is 5.98. The molecule has 0 aliphatic heterocycles. The third-order valence-corrected chi connectivity index (χ3v) is 2.06. The van der Waals surface area contributed by atoms with Gasteiger partial charge in [-0.2, -0.15) is 0 Å². The fraction of sp³-hybridized carbons (Fsp3) is 0.444. The summed E-state index contributed by atoms with van der Waals surface area (Å²) in [6.07, 6.45) is -0.934. The number of esters is 1. The summed E-state index contributed by atoms with van der Waals surface area (Å²) < 4.78 is 6.26. The number of aliphatic hydroxyl groups is 1. The van der Waals surface area contributed by atoms with Crippen LogP contribution in [0.25, 0.3) is 0 Å². The van der Waals surface area contributed by atoms with Gasteiger partial charge in [-0.3, -0.25) is 0 Å². The molecule has 0 aliphatic carbocycles. The Morgan fingerprint density at radius 2 is 2.31 bits per heavy atom. The highest BCUT2D eigenvalue weighted by atomic mass is 127. The number of carbonyl (C=O) groups is 1. The van der Waals surface area contributed by atoms with Crippen molar-refractivity contribution in [3.8, 4) is 0 Å². The van der Waals surface area contributed by atoms with Crippen LogP contribution in [0.4, 0.5) is 0 Å². The van der Waals surface area contributed by atoms with Crippen molar-refractivity contribution < 1.29 is 14.6 Å². The molecule has 0 heterocycles. The zero-order chi connectivity index (χ0) is 10.4. The van der Waals surface area contributed by atoms with Gasteiger partial charge in [0, 0.05) is 0 Å². The molecule has 13 heavy (non-hydrogen) atoms. The molecule has 0 radical (unpaired) electrons. The van der Waals surface area contributed by atoms with E-state index in [0.29, 0.717) is 12.2 Å². The van der Waals surface area contributed by atoms with E-state index in [-0.39, 0.29) is 5.57 Å². The van der Waals surface area contributed by atoms with Crippen LogP contribution in [0, 0.1) is 0 Å². The Labute approximate surface area is 91.6 Å². The zero-order valence-electron chi connectivity index (χ0n) is 7.71. The van der Waals surface area contributed by atoms with Crippen molar-refractivity contribution in [2.45, 2.75) is 20.0 Å². The van der Waals surface area contributed by atoms with Crippen LogP contribution in [-0.4, -0.2) is 23.8 Å². The fourth-order valence-corrected chi connectivity index (χ4v) is 1.29. The third-order valence-electron chi connectivity index (χ3n) is 1.39. The fourth-order valence-electron chi connectivity index (χ4n) is 0.696. The van der Waals surface area contributed by atoms with Crippen LogP contribution in [-0.2, 0) is 9.53 Å². The van der Waals surface area contributed by atoms with Crippen molar-refractivity contribution in [2.75, 3.05) is 6.61 Å². The van der Waals surface area contributed by atoms with Gasteiger partial charge >= 0.3 is 5.97 Å². The first-order valence-corrected chi connectivity index (χ1v) is 5.10. The van der Waals surface area contributed by atoms with Gasteiger partial charge < -0.3 is 9.84 Å². The number of halogens is 1. The molecule has 0 rings (SSSR count). The number of aliphatic hydroxyl groups excluding tert-OH is 1. The van der Waals surface area contributed by atoms with Crippen molar-refractivity contribution in [1.29, 1.82) is 0 Å². The van der Waals surface area contributed by atoms with Crippen LogP contribution in [0.15, 0.2) is 21.8 Å². The molecule has 0 aliphatic rings. The lowest BCUT2D eigenvalue weighted by Gasteiger charge is -2.12. The van der Waals surface area contributed by atoms with Crippen molar-refractivity contribution >= 4 is 28.6 Å². The molecule has 0 aromatic heterocycles. The highest BCUT2D eigenvalue weighted by Crippen LogP contribution is 2.13. The Hall–Kier alpha value is -0.360. The van der Waals surface area contributed by atoms with Crippen LogP contribution < -0.4 is 0 Å². The highest BCUT2D eigenvalue weighted by molar-refractivity contribution is 14.1. The van der Waals surface area contributed by atoms with E-state index in [1.807, 2.05) is 22.6 Å². The molecule has 0 fully saturated rings. The van der Waals surface area contributed by atoms with E-state index < -0.39 is 12.1 Å². The van der Waals surface area contributed by atoms with Gasteiger partial charge in [0.15, 0.2) is 0 Å². The van der Waals surface area contributed by atoms with Crippen molar-refractivity contribution in [1.82, 2.24) is 0 Å². The average Bonchev–Trinajstić information content (AvgIpc) is 2.05. The maximum Gasteiger partial charge on any atom is 0.337 e. The van der Waals surface area contributed by atoms with E-state index in [2.05, 4.69) is 6.58 Å². The van der Waals surface area contributed by atoms with Gasteiger partial charge in [0.1, 0.15) is 6.10 Å². The molecule has 0 aromatic carbocycles. The summed E-state index contributed by atoms with van der Waals surface area (Å²) in [5.74, 6) is -0.493. The van der Waals surface area contributed by atoms with Crippen LogP contribution >= 0.6 is 22.6 Å². The molecular formula is C9H13IO3. The smallest absolute Gasteiger partial charge is 0.337 e. The number of hydrogen-bond donors (Lipinski definition) is 1. The zero-order valence-corrected chi connectivity index (χ0v) is 9.87. The molecule has 1 atom stereocenters. The molecular weight excluding hydrogens is 283 g/mol.